The van der Waals surface area contributed by atoms with Crippen molar-refractivity contribution in [2.75, 3.05) is 18.0 Å². The van der Waals surface area contributed by atoms with Gasteiger partial charge in [0.05, 0.1) is 0 Å². The van der Waals surface area contributed by atoms with Gasteiger partial charge in [0.2, 0.25) is 16.4 Å². The van der Waals surface area contributed by atoms with Crippen LogP contribution in [0.2, 0.25) is 5.28 Å². The number of halogens is 1. The Bertz CT molecular complexity index is 555. The Balaban J connectivity index is 2.29. The molecule has 2 aromatic heterocycles. The Hall–Kier alpha value is -1.41. The number of hydrogen-bond acceptors (Lipinski definition) is 7. The molecule has 0 aliphatic carbocycles. The average Bonchev–Trinajstić information content (AvgIpc) is 2.76. The third-order valence-corrected chi connectivity index (χ3v) is 3.56. The van der Waals surface area contributed by atoms with E-state index in [-0.39, 0.29) is 5.28 Å². The van der Waals surface area contributed by atoms with Crippen LogP contribution in [-0.4, -0.2) is 42.8 Å². The molecule has 0 unspecified atom stereocenters. The molecule has 19 heavy (non-hydrogen) atoms. The quantitative estimate of drug-likeness (QED) is 0.831. The Morgan fingerprint density at radius 1 is 1.26 bits per heavy atom. The maximum Gasteiger partial charge on any atom is 0.230 e. The second kappa shape index (κ2) is 6.16. The molecule has 0 saturated carbocycles. The van der Waals surface area contributed by atoms with Crippen molar-refractivity contribution in [3.8, 4) is 0 Å². The van der Waals surface area contributed by atoms with Gasteiger partial charge in [-0.3, -0.25) is 0 Å². The van der Waals surface area contributed by atoms with E-state index in [1.54, 1.807) is 10.9 Å². The highest BCUT2D eigenvalue weighted by atomic mass is 35.5. The largest absolute Gasteiger partial charge is 0.341 e. The lowest BCUT2D eigenvalue weighted by atomic mass is 10.5. The van der Waals surface area contributed by atoms with Gasteiger partial charge in [0.15, 0.2) is 5.16 Å². The van der Waals surface area contributed by atoms with E-state index in [4.69, 9.17) is 11.6 Å². The molecule has 9 heteroatoms. The average molecular weight is 300 g/mol. The van der Waals surface area contributed by atoms with Crippen LogP contribution in [-0.2, 0) is 7.05 Å². The SMILES string of the molecule is CCN(CC)c1nc(Cl)nc(Sc2nncn2C)n1. The minimum Gasteiger partial charge on any atom is -0.341 e. The number of aryl methyl sites for hydroxylation is 1. The molecule has 0 aliphatic rings. The highest BCUT2D eigenvalue weighted by molar-refractivity contribution is 7.99. The van der Waals surface area contributed by atoms with Gasteiger partial charge in [0, 0.05) is 20.1 Å². The standard InChI is InChI=1S/C10H14ClN7S/c1-4-18(5-2)8-13-7(11)14-9(15-8)19-10-16-12-6-17(10)3/h6H,4-5H2,1-3H3. The molecule has 0 aliphatic heterocycles. The van der Waals surface area contributed by atoms with Crippen molar-refractivity contribution in [3.05, 3.63) is 11.6 Å². The number of hydrogen-bond donors (Lipinski definition) is 0. The maximum atomic E-state index is 5.94. The highest BCUT2D eigenvalue weighted by Crippen LogP contribution is 2.24. The zero-order chi connectivity index (χ0) is 13.8. The van der Waals surface area contributed by atoms with Crippen LogP contribution in [0.15, 0.2) is 16.6 Å². The van der Waals surface area contributed by atoms with Crippen LogP contribution in [0.5, 0.6) is 0 Å². The van der Waals surface area contributed by atoms with Crippen LogP contribution in [0.1, 0.15) is 13.8 Å². The van der Waals surface area contributed by atoms with Crippen LogP contribution in [0.3, 0.4) is 0 Å². The molecule has 2 aromatic rings. The summed E-state index contributed by atoms with van der Waals surface area (Å²) in [7, 11) is 1.86. The second-order valence-corrected chi connectivity index (χ2v) is 4.96. The van der Waals surface area contributed by atoms with E-state index >= 15 is 0 Å². The van der Waals surface area contributed by atoms with Gasteiger partial charge in [-0.1, -0.05) is 0 Å². The molecule has 0 amide bonds. The smallest absolute Gasteiger partial charge is 0.230 e. The summed E-state index contributed by atoms with van der Waals surface area (Å²) >= 11 is 7.25. The van der Waals surface area contributed by atoms with E-state index < -0.39 is 0 Å². The summed E-state index contributed by atoms with van der Waals surface area (Å²) in [4.78, 5) is 14.6. The van der Waals surface area contributed by atoms with Gasteiger partial charge in [0.25, 0.3) is 0 Å². The summed E-state index contributed by atoms with van der Waals surface area (Å²) in [6, 6.07) is 0. The monoisotopic (exact) mass is 299 g/mol. The van der Waals surface area contributed by atoms with E-state index in [9.17, 15) is 0 Å². The highest BCUT2D eigenvalue weighted by Gasteiger charge is 2.13. The van der Waals surface area contributed by atoms with Gasteiger partial charge < -0.3 is 9.47 Å². The molecule has 0 saturated heterocycles. The lowest BCUT2D eigenvalue weighted by Gasteiger charge is -2.18. The van der Waals surface area contributed by atoms with E-state index in [2.05, 4.69) is 25.1 Å². The summed E-state index contributed by atoms with van der Waals surface area (Å²) < 4.78 is 1.79. The lowest BCUT2D eigenvalue weighted by molar-refractivity contribution is 0.766. The van der Waals surface area contributed by atoms with Gasteiger partial charge >= 0.3 is 0 Å². The van der Waals surface area contributed by atoms with Crippen molar-refractivity contribution >= 4 is 29.3 Å². The molecule has 2 rings (SSSR count). The lowest BCUT2D eigenvalue weighted by Crippen LogP contribution is -2.24. The predicted octanol–water partition coefficient (Wildman–Crippen LogP) is 1.65. The zero-order valence-corrected chi connectivity index (χ0v) is 12.5. The predicted molar refractivity (Wildman–Crippen MR) is 73.5 cm³/mol. The van der Waals surface area contributed by atoms with Crippen LogP contribution in [0.4, 0.5) is 5.95 Å². The Morgan fingerprint density at radius 2 is 2.00 bits per heavy atom. The minimum atomic E-state index is 0.182. The molecule has 0 aromatic carbocycles. The molecule has 0 fully saturated rings. The van der Waals surface area contributed by atoms with Gasteiger partial charge in [-0.15, -0.1) is 10.2 Å². The van der Waals surface area contributed by atoms with Crippen molar-refractivity contribution in [2.45, 2.75) is 24.2 Å². The fraction of sp³-hybridized carbons (Fsp3) is 0.500. The first-order valence-electron chi connectivity index (χ1n) is 5.82. The van der Waals surface area contributed by atoms with E-state index in [0.717, 1.165) is 13.1 Å². The Labute approximate surface area is 120 Å². The van der Waals surface area contributed by atoms with Crippen molar-refractivity contribution in [1.29, 1.82) is 0 Å². The molecular formula is C10H14ClN7S. The zero-order valence-electron chi connectivity index (χ0n) is 10.9. The normalized spacial score (nSPS) is 10.7. The van der Waals surface area contributed by atoms with E-state index in [1.165, 1.54) is 11.8 Å². The van der Waals surface area contributed by atoms with Crippen molar-refractivity contribution in [3.63, 3.8) is 0 Å². The molecular weight excluding hydrogens is 286 g/mol. The number of aromatic nitrogens is 6. The molecule has 0 bridgehead atoms. The van der Waals surface area contributed by atoms with Crippen LogP contribution < -0.4 is 4.90 Å². The number of anilines is 1. The molecule has 102 valence electrons. The van der Waals surface area contributed by atoms with Crippen LogP contribution in [0.25, 0.3) is 0 Å². The van der Waals surface area contributed by atoms with Crippen molar-refractivity contribution in [1.82, 2.24) is 29.7 Å². The summed E-state index contributed by atoms with van der Waals surface area (Å²) in [6.45, 7) is 5.70. The first kappa shape index (κ1) is 14.0. The fourth-order valence-corrected chi connectivity index (χ4v) is 2.37. The fourth-order valence-electron chi connectivity index (χ4n) is 1.46. The Kier molecular flexibility index (Phi) is 4.54. The second-order valence-electron chi connectivity index (χ2n) is 3.69. The summed E-state index contributed by atoms with van der Waals surface area (Å²) in [5.41, 5.74) is 0. The Morgan fingerprint density at radius 3 is 2.58 bits per heavy atom. The molecule has 0 radical (unpaired) electrons. The summed E-state index contributed by atoms with van der Waals surface area (Å²) in [5.74, 6) is 0.578. The van der Waals surface area contributed by atoms with Crippen LogP contribution >= 0.6 is 23.4 Å². The first-order chi connectivity index (χ1) is 9.13. The van der Waals surface area contributed by atoms with E-state index in [0.29, 0.717) is 16.3 Å². The van der Waals surface area contributed by atoms with Crippen LogP contribution in [0, 0.1) is 0 Å². The maximum absolute atomic E-state index is 5.94. The minimum absolute atomic E-state index is 0.182. The summed E-state index contributed by atoms with van der Waals surface area (Å²) in [6.07, 6.45) is 1.62. The van der Waals surface area contributed by atoms with Gasteiger partial charge in [0.1, 0.15) is 6.33 Å². The van der Waals surface area contributed by atoms with Gasteiger partial charge in [-0.05, 0) is 37.2 Å². The number of rotatable bonds is 5. The molecule has 0 spiro atoms. The third-order valence-electron chi connectivity index (χ3n) is 2.47. The first-order valence-corrected chi connectivity index (χ1v) is 7.01. The molecule has 0 N–H and O–H groups in total. The van der Waals surface area contributed by atoms with Gasteiger partial charge in [-0.25, -0.2) is 0 Å². The topological polar surface area (TPSA) is 72.6 Å². The van der Waals surface area contributed by atoms with Crippen molar-refractivity contribution < 1.29 is 0 Å². The molecule has 7 nitrogen and oxygen atoms in total. The van der Waals surface area contributed by atoms with Crippen molar-refractivity contribution in [2.24, 2.45) is 7.05 Å². The van der Waals surface area contributed by atoms with E-state index in [1.807, 2.05) is 25.8 Å². The number of nitrogens with zero attached hydrogens (tertiary/aromatic N) is 7. The third kappa shape index (κ3) is 3.32. The van der Waals surface area contributed by atoms with Gasteiger partial charge in [-0.2, -0.15) is 15.0 Å². The molecule has 2 heterocycles. The summed E-state index contributed by atoms with van der Waals surface area (Å²) in [5, 5.41) is 9.18. The molecule has 0 atom stereocenters.